The summed E-state index contributed by atoms with van der Waals surface area (Å²) in [5.74, 6) is -1.29. The third-order valence-corrected chi connectivity index (χ3v) is 6.79. The Kier molecular flexibility index (Phi) is 5.76. The van der Waals surface area contributed by atoms with E-state index in [4.69, 9.17) is 11.6 Å². The number of fused-ring (bicyclic) bond motifs is 1. The second kappa shape index (κ2) is 8.72. The standard InChI is InChI=1S/C23H23ClFN5O3/c24-17-10-26-11-18(25)21(17)29-7-5-28(6-8-29)12-14-1-2-16-15(9-14)13-30(23(16)33)19-3-4-20(31)27-22(19)32/h1-2,9-11,19H,3-8,12-13H2,(H,27,31,32). The summed E-state index contributed by atoms with van der Waals surface area (Å²) in [6, 6.07) is 5.17. The van der Waals surface area contributed by atoms with Gasteiger partial charge in [-0.1, -0.05) is 23.7 Å². The van der Waals surface area contributed by atoms with Gasteiger partial charge in [-0.2, -0.15) is 0 Å². The fourth-order valence-electron chi connectivity index (χ4n) is 4.82. The highest BCUT2D eigenvalue weighted by Gasteiger charge is 2.39. The molecule has 1 aromatic carbocycles. The lowest BCUT2D eigenvalue weighted by atomic mass is 10.0. The van der Waals surface area contributed by atoms with Crippen molar-refractivity contribution in [3.63, 3.8) is 0 Å². The molecule has 3 aliphatic heterocycles. The highest BCUT2D eigenvalue weighted by molar-refractivity contribution is 6.33. The van der Waals surface area contributed by atoms with Gasteiger partial charge in [-0.3, -0.25) is 29.6 Å². The molecule has 1 aromatic heterocycles. The number of halogens is 2. The summed E-state index contributed by atoms with van der Waals surface area (Å²) in [4.78, 5) is 46.1. The number of amides is 3. The van der Waals surface area contributed by atoms with Crippen molar-refractivity contribution in [1.82, 2.24) is 20.1 Å². The van der Waals surface area contributed by atoms with Crippen molar-refractivity contribution in [2.45, 2.75) is 32.0 Å². The van der Waals surface area contributed by atoms with Crippen LogP contribution in [0, 0.1) is 5.82 Å². The van der Waals surface area contributed by atoms with Crippen molar-refractivity contribution in [3.8, 4) is 0 Å². The van der Waals surface area contributed by atoms with Crippen molar-refractivity contribution in [1.29, 1.82) is 0 Å². The van der Waals surface area contributed by atoms with E-state index >= 15 is 0 Å². The van der Waals surface area contributed by atoms with Gasteiger partial charge in [0.15, 0.2) is 5.82 Å². The predicted octanol–water partition coefficient (Wildman–Crippen LogP) is 1.96. The van der Waals surface area contributed by atoms with Gasteiger partial charge in [0.05, 0.1) is 16.9 Å². The van der Waals surface area contributed by atoms with Crippen molar-refractivity contribution < 1.29 is 18.8 Å². The van der Waals surface area contributed by atoms with Crippen LogP contribution in [0.2, 0.25) is 5.02 Å². The molecule has 172 valence electrons. The topological polar surface area (TPSA) is 85.9 Å². The highest BCUT2D eigenvalue weighted by Crippen LogP contribution is 2.30. The van der Waals surface area contributed by atoms with Crippen LogP contribution in [0.4, 0.5) is 10.1 Å². The van der Waals surface area contributed by atoms with Crippen LogP contribution < -0.4 is 10.2 Å². The number of aromatic nitrogens is 1. The molecular formula is C23H23ClFN5O3. The normalized spacial score (nSPS) is 21.4. The number of anilines is 1. The van der Waals surface area contributed by atoms with Gasteiger partial charge in [-0.05, 0) is 23.6 Å². The maximum atomic E-state index is 14.2. The van der Waals surface area contributed by atoms with E-state index in [9.17, 15) is 18.8 Å². The zero-order chi connectivity index (χ0) is 23.1. The minimum atomic E-state index is -0.612. The molecule has 0 aliphatic carbocycles. The summed E-state index contributed by atoms with van der Waals surface area (Å²) in [5.41, 5.74) is 2.98. The summed E-state index contributed by atoms with van der Waals surface area (Å²) >= 11 is 6.15. The molecule has 4 heterocycles. The molecule has 0 radical (unpaired) electrons. The van der Waals surface area contributed by atoms with Gasteiger partial charge in [0.1, 0.15) is 6.04 Å². The number of piperazine rings is 1. The van der Waals surface area contributed by atoms with E-state index in [1.165, 1.54) is 12.4 Å². The first-order chi connectivity index (χ1) is 15.9. The van der Waals surface area contributed by atoms with Crippen molar-refractivity contribution in [2.24, 2.45) is 0 Å². The fourth-order valence-corrected chi connectivity index (χ4v) is 5.09. The van der Waals surface area contributed by atoms with Crippen LogP contribution in [0.5, 0.6) is 0 Å². The van der Waals surface area contributed by atoms with Crippen LogP contribution in [-0.2, 0) is 22.7 Å². The molecule has 2 saturated heterocycles. The molecule has 3 aliphatic rings. The molecule has 2 fully saturated rings. The van der Waals surface area contributed by atoms with E-state index in [0.29, 0.717) is 48.9 Å². The molecule has 0 saturated carbocycles. The number of hydrogen-bond acceptors (Lipinski definition) is 6. The highest BCUT2D eigenvalue weighted by atomic mass is 35.5. The van der Waals surface area contributed by atoms with Crippen molar-refractivity contribution in [2.75, 3.05) is 31.1 Å². The number of benzene rings is 1. The molecule has 3 amide bonds. The Morgan fingerprint density at radius 1 is 1.12 bits per heavy atom. The number of pyridine rings is 1. The van der Waals surface area contributed by atoms with Crippen LogP contribution >= 0.6 is 11.6 Å². The second-order valence-electron chi connectivity index (χ2n) is 8.61. The van der Waals surface area contributed by atoms with Crippen LogP contribution in [0.3, 0.4) is 0 Å². The number of nitrogens with one attached hydrogen (secondary N) is 1. The van der Waals surface area contributed by atoms with Gasteiger partial charge in [0, 0.05) is 57.4 Å². The quantitative estimate of drug-likeness (QED) is 0.686. The number of rotatable bonds is 4. The smallest absolute Gasteiger partial charge is 0.255 e. The average Bonchev–Trinajstić information content (AvgIpc) is 3.10. The zero-order valence-corrected chi connectivity index (χ0v) is 18.6. The summed E-state index contributed by atoms with van der Waals surface area (Å²) in [5, 5.41) is 2.64. The first-order valence-electron chi connectivity index (χ1n) is 10.9. The Morgan fingerprint density at radius 3 is 2.64 bits per heavy atom. The largest absolute Gasteiger partial charge is 0.365 e. The molecule has 0 bridgehead atoms. The van der Waals surface area contributed by atoms with Crippen LogP contribution in [0.1, 0.15) is 34.3 Å². The van der Waals surface area contributed by atoms with Crippen LogP contribution in [0.15, 0.2) is 30.6 Å². The van der Waals surface area contributed by atoms with E-state index in [2.05, 4.69) is 15.2 Å². The van der Waals surface area contributed by atoms with Crippen molar-refractivity contribution in [3.05, 3.63) is 58.1 Å². The Labute approximate surface area is 195 Å². The van der Waals surface area contributed by atoms with E-state index in [1.807, 2.05) is 23.1 Å². The minimum Gasteiger partial charge on any atom is -0.365 e. The molecule has 1 atom stereocenters. The molecule has 1 unspecified atom stereocenters. The van der Waals surface area contributed by atoms with E-state index in [0.717, 1.165) is 24.2 Å². The summed E-state index contributed by atoms with van der Waals surface area (Å²) in [6.45, 7) is 3.86. The zero-order valence-electron chi connectivity index (χ0n) is 17.9. The average molecular weight is 472 g/mol. The van der Waals surface area contributed by atoms with Gasteiger partial charge in [0.25, 0.3) is 5.91 Å². The predicted molar refractivity (Wildman–Crippen MR) is 119 cm³/mol. The lowest BCUT2D eigenvalue weighted by Gasteiger charge is -2.36. The van der Waals surface area contributed by atoms with Gasteiger partial charge < -0.3 is 9.80 Å². The Balaban J connectivity index is 1.23. The Morgan fingerprint density at radius 2 is 1.91 bits per heavy atom. The van der Waals surface area contributed by atoms with E-state index in [1.54, 1.807) is 4.90 Å². The Hall–Kier alpha value is -3.04. The fraction of sp³-hybridized carbons (Fsp3) is 0.391. The monoisotopic (exact) mass is 471 g/mol. The van der Waals surface area contributed by atoms with E-state index < -0.39 is 17.8 Å². The number of piperidine rings is 1. The number of hydrogen-bond donors (Lipinski definition) is 1. The van der Waals surface area contributed by atoms with Gasteiger partial charge in [-0.25, -0.2) is 4.39 Å². The molecule has 1 N–H and O–H groups in total. The Bertz CT molecular complexity index is 1110. The molecule has 33 heavy (non-hydrogen) atoms. The minimum absolute atomic E-state index is 0.170. The summed E-state index contributed by atoms with van der Waals surface area (Å²) in [7, 11) is 0. The maximum absolute atomic E-state index is 14.2. The third kappa shape index (κ3) is 4.18. The second-order valence-corrected chi connectivity index (χ2v) is 9.01. The number of carbonyl (C=O) groups is 3. The summed E-state index contributed by atoms with van der Waals surface area (Å²) in [6.07, 6.45) is 3.22. The lowest BCUT2D eigenvalue weighted by Crippen LogP contribution is -2.52. The number of carbonyl (C=O) groups excluding carboxylic acids is 3. The van der Waals surface area contributed by atoms with Gasteiger partial charge >= 0.3 is 0 Å². The molecule has 0 spiro atoms. The first-order valence-corrected chi connectivity index (χ1v) is 11.3. The summed E-state index contributed by atoms with van der Waals surface area (Å²) < 4.78 is 14.2. The molecular weight excluding hydrogens is 449 g/mol. The molecule has 2 aromatic rings. The van der Waals surface area contributed by atoms with Gasteiger partial charge in [-0.15, -0.1) is 0 Å². The number of imide groups is 1. The molecule has 10 heteroatoms. The molecule has 8 nitrogen and oxygen atoms in total. The van der Waals surface area contributed by atoms with Gasteiger partial charge in [0.2, 0.25) is 11.8 Å². The van der Waals surface area contributed by atoms with Crippen LogP contribution in [-0.4, -0.2) is 64.7 Å². The number of nitrogens with zero attached hydrogens (tertiary/aromatic N) is 4. The lowest BCUT2D eigenvalue weighted by molar-refractivity contribution is -0.136. The van der Waals surface area contributed by atoms with Crippen LogP contribution in [0.25, 0.3) is 0 Å². The first kappa shape index (κ1) is 21.8. The molecule has 5 rings (SSSR count). The van der Waals surface area contributed by atoms with E-state index in [-0.39, 0.29) is 18.2 Å². The maximum Gasteiger partial charge on any atom is 0.255 e. The SMILES string of the molecule is O=C1CCC(N2Cc3cc(CN4CCN(c5c(F)cncc5Cl)CC4)ccc3C2=O)C(=O)N1. The third-order valence-electron chi connectivity index (χ3n) is 6.51. The van der Waals surface area contributed by atoms with Crippen molar-refractivity contribution >= 4 is 35.0 Å².